The average molecular weight is 353 g/mol. The third kappa shape index (κ3) is 4.87. The maximum absolute atomic E-state index is 11.9. The minimum absolute atomic E-state index is 0.338. The smallest absolute Gasteiger partial charge is 0.233 e. The van der Waals surface area contributed by atoms with E-state index in [4.69, 9.17) is 27.9 Å². The number of amides is 2. The fourth-order valence-corrected chi connectivity index (χ4v) is 2.29. The summed E-state index contributed by atoms with van der Waals surface area (Å²) in [6.45, 7) is 0. The number of carbonyl (C=O) groups excluding carboxylic acids is 2. The highest BCUT2D eigenvalue weighted by Gasteiger charge is 2.12. The number of hydrogen-bond acceptors (Lipinski definition) is 3. The molecule has 0 heterocycles. The second-order valence-corrected chi connectivity index (χ2v) is 5.42. The van der Waals surface area contributed by atoms with Crippen molar-refractivity contribution in [1.29, 1.82) is 0 Å². The summed E-state index contributed by atoms with van der Waals surface area (Å²) in [5, 5.41) is 5.94. The van der Waals surface area contributed by atoms with Gasteiger partial charge in [-0.15, -0.1) is 0 Å². The van der Waals surface area contributed by atoms with Gasteiger partial charge in [0.05, 0.1) is 22.8 Å². The quantitative estimate of drug-likeness (QED) is 0.800. The Kier molecular flexibility index (Phi) is 5.84. The SMILES string of the molecule is COc1ccc(NC(=O)CC(=O)Nc2ccccc2Cl)cc1Cl. The molecule has 0 aliphatic heterocycles. The van der Waals surface area contributed by atoms with Gasteiger partial charge in [0.25, 0.3) is 0 Å². The van der Waals surface area contributed by atoms with Crippen LogP contribution in [-0.4, -0.2) is 18.9 Å². The molecule has 0 saturated carbocycles. The van der Waals surface area contributed by atoms with Crippen molar-refractivity contribution in [2.75, 3.05) is 17.7 Å². The lowest BCUT2D eigenvalue weighted by molar-refractivity contribution is -0.123. The number of ether oxygens (including phenoxy) is 1. The molecule has 2 aromatic carbocycles. The van der Waals surface area contributed by atoms with E-state index in [1.807, 2.05) is 0 Å². The molecule has 120 valence electrons. The molecule has 0 aliphatic carbocycles. The lowest BCUT2D eigenvalue weighted by Gasteiger charge is -2.09. The molecule has 0 aliphatic rings. The van der Waals surface area contributed by atoms with Crippen LogP contribution in [-0.2, 0) is 9.59 Å². The maximum atomic E-state index is 11.9. The number of nitrogens with one attached hydrogen (secondary N) is 2. The maximum Gasteiger partial charge on any atom is 0.233 e. The fourth-order valence-electron chi connectivity index (χ4n) is 1.85. The Labute approximate surface area is 143 Å². The Morgan fingerprint density at radius 3 is 2.35 bits per heavy atom. The zero-order valence-electron chi connectivity index (χ0n) is 12.2. The van der Waals surface area contributed by atoms with Crippen LogP contribution < -0.4 is 15.4 Å². The van der Waals surface area contributed by atoms with Gasteiger partial charge >= 0.3 is 0 Å². The van der Waals surface area contributed by atoms with E-state index in [9.17, 15) is 9.59 Å². The van der Waals surface area contributed by atoms with E-state index in [-0.39, 0.29) is 6.42 Å². The van der Waals surface area contributed by atoms with Crippen LogP contribution >= 0.6 is 23.2 Å². The van der Waals surface area contributed by atoms with Crippen LogP contribution in [0.3, 0.4) is 0 Å². The fraction of sp³-hybridized carbons (Fsp3) is 0.125. The number of para-hydroxylation sites is 1. The first-order valence-electron chi connectivity index (χ1n) is 6.67. The number of anilines is 2. The first-order valence-corrected chi connectivity index (χ1v) is 7.43. The summed E-state index contributed by atoms with van der Waals surface area (Å²) in [5.74, 6) is -0.424. The molecule has 0 bridgehead atoms. The Bertz CT molecular complexity index is 735. The van der Waals surface area contributed by atoms with Gasteiger partial charge in [-0.05, 0) is 30.3 Å². The average Bonchev–Trinajstić information content (AvgIpc) is 2.49. The van der Waals surface area contributed by atoms with Gasteiger partial charge in [-0.3, -0.25) is 9.59 Å². The normalized spacial score (nSPS) is 10.0. The Morgan fingerprint density at radius 1 is 1.00 bits per heavy atom. The van der Waals surface area contributed by atoms with Crippen molar-refractivity contribution in [3.63, 3.8) is 0 Å². The van der Waals surface area contributed by atoms with Crippen molar-refractivity contribution < 1.29 is 14.3 Å². The van der Waals surface area contributed by atoms with Crippen molar-refractivity contribution >= 4 is 46.4 Å². The highest BCUT2D eigenvalue weighted by Crippen LogP contribution is 2.27. The van der Waals surface area contributed by atoms with Gasteiger partial charge in [-0.1, -0.05) is 35.3 Å². The van der Waals surface area contributed by atoms with E-state index >= 15 is 0 Å². The van der Waals surface area contributed by atoms with E-state index in [1.165, 1.54) is 7.11 Å². The summed E-state index contributed by atoms with van der Waals surface area (Å²) >= 11 is 11.9. The standard InChI is InChI=1S/C16H14Cl2N2O3/c1-23-14-7-6-10(8-12(14)18)19-15(21)9-16(22)20-13-5-3-2-4-11(13)17/h2-8H,9H2,1H3,(H,19,21)(H,20,22). The monoisotopic (exact) mass is 352 g/mol. The van der Waals surface area contributed by atoms with Crippen LogP contribution in [0.15, 0.2) is 42.5 Å². The summed E-state index contributed by atoms with van der Waals surface area (Å²) in [6, 6.07) is 11.6. The predicted octanol–water partition coefficient (Wildman–Crippen LogP) is 3.97. The molecule has 2 rings (SSSR count). The number of halogens is 2. The molecule has 2 aromatic rings. The molecule has 0 aromatic heterocycles. The minimum Gasteiger partial charge on any atom is -0.495 e. The minimum atomic E-state index is -0.463. The van der Waals surface area contributed by atoms with Crippen LogP contribution in [0.25, 0.3) is 0 Å². The van der Waals surface area contributed by atoms with E-state index in [2.05, 4.69) is 10.6 Å². The van der Waals surface area contributed by atoms with Crippen molar-refractivity contribution in [1.82, 2.24) is 0 Å². The molecule has 5 nitrogen and oxygen atoms in total. The molecule has 0 spiro atoms. The highest BCUT2D eigenvalue weighted by atomic mass is 35.5. The summed E-state index contributed by atoms with van der Waals surface area (Å²) in [6.07, 6.45) is -0.338. The summed E-state index contributed by atoms with van der Waals surface area (Å²) < 4.78 is 5.03. The van der Waals surface area contributed by atoms with Crippen molar-refractivity contribution in [2.45, 2.75) is 6.42 Å². The molecule has 0 unspecified atom stereocenters. The van der Waals surface area contributed by atoms with Crippen LogP contribution in [0.4, 0.5) is 11.4 Å². The lowest BCUT2D eigenvalue weighted by Crippen LogP contribution is -2.21. The van der Waals surface area contributed by atoms with Gasteiger partial charge in [0, 0.05) is 5.69 Å². The third-order valence-corrected chi connectivity index (χ3v) is 3.53. The second-order valence-electron chi connectivity index (χ2n) is 4.60. The molecular weight excluding hydrogens is 339 g/mol. The van der Waals surface area contributed by atoms with E-state index in [1.54, 1.807) is 42.5 Å². The molecule has 0 saturated heterocycles. The molecule has 0 atom stereocenters. The van der Waals surface area contributed by atoms with E-state index in [0.717, 1.165) is 0 Å². The van der Waals surface area contributed by atoms with Gasteiger partial charge in [-0.25, -0.2) is 0 Å². The van der Waals surface area contributed by atoms with Crippen LogP contribution in [0.2, 0.25) is 10.0 Å². The van der Waals surface area contributed by atoms with Crippen LogP contribution in [0, 0.1) is 0 Å². The van der Waals surface area contributed by atoms with Crippen LogP contribution in [0.1, 0.15) is 6.42 Å². The number of benzene rings is 2. The summed E-state index contributed by atoms with van der Waals surface area (Å²) in [7, 11) is 1.50. The molecule has 2 N–H and O–H groups in total. The first-order chi connectivity index (χ1) is 11.0. The van der Waals surface area contributed by atoms with Crippen molar-refractivity contribution in [3.05, 3.63) is 52.5 Å². The summed E-state index contributed by atoms with van der Waals surface area (Å²) in [5.41, 5.74) is 0.936. The largest absolute Gasteiger partial charge is 0.495 e. The number of carbonyl (C=O) groups is 2. The third-order valence-electron chi connectivity index (χ3n) is 2.90. The zero-order chi connectivity index (χ0) is 16.8. The van der Waals surface area contributed by atoms with Gasteiger partial charge in [0.1, 0.15) is 12.2 Å². The van der Waals surface area contributed by atoms with Gasteiger partial charge in [-0.2, -0.15) is 0 Å². The predicted molar refractivity (Wildman–Crippen MR) is 91.3 cm³/mol. The van der Waals surface area contributed by atoms with Crippen molar-refractivity contribution in [2.24, 2.45) is 0 Å². The molecule has 0 fully saturated rings. The molecule has 0 radical (unpaired) electrons. The topological polar surface area (TPSA) is 67.4 Å². The lowest BCUT2D eigenvalue weighted by atomic mass is 10.2. The van der Waals surface area contributed by atoms with Gasteiger partial charge in [0.2, 0.25) is 11.8 Å². The molecular formula is C16H14Cl2N2O3. The Morgan fingerprint density at radius 2 is 1.70 bits per heavy atom. The first kappa shape index (κ1) is 17.1. The zero-order valence-corrected chi connectivity index (χ0v) is 13.7. The summed E-state index contributed by atoms with van der Waals surface area (Å²) in [4.78, 5) is 23.7. The Hall–Kier alpha value is -2.24. The number of rotatable bonds is 5. The van der Waals surface area contributed by atoms with Gasteiger partial charge < -0.3 is 15.4 Å². The Balaban J connectivity index is 1.93. The molecule has 23 heavy (non-hydrogen) atoms. The highest BCUT2D eigenvalue weighted by molar-refractivity contribution is 6.34. The van der Waals surface area contributed by atoms with E-state index < -0.39 is 11.8 Å². The molecule has 7 heteroatoms. The number of hydrogen-bond donors (Lipinski definition) is 2. The van der Waals surface area contributed by atoms with Gasteiger partial charge in [0.15, 0.2) is 0 Å². The van der Waals surface area contributed by atoms with E-state index in [0.29, 0.717) is 27.2 Å². The van der Waals surface area contributed by atoms with Crippen LogP contribution in [0.5, 0.6) is 5.75 Å². The second kappa shape index (κ2) is 7.85. The number of methoxy groups -OCH3 is 1. The van der Waals surface area contributed by atoms with Crippen molar-refractivity contribution in [3.8, 4) is 5.75 Å². The molecule has 2 amide bonds.